The van der Waals surface area contributed by atoms with Gasteiger partial charge in [0.1, 0.15) is 11.3 Å². The van der Waals surface area contributed by atoms with Gasteiger partial charge < -0.3 is 9.15 Å². The molecule has 116 valence electrons. The number of fused-ring (bicyclic) bond motifs is 1. The third-order valence-electron chi connectivity index (χ3n) is 3.51. The van der Waals surface area contributed by atoms with Crippen LogP contribution in [0.3, 0.4) is 0 Å². The molecule has 0 aliphatic rings. The molecule has 0 amide bonds. The fourth-order valence-electron chi connectivity index (χ4n) is 2.36. The summed E-state index contributed by atoms with van der Waals surface area (Å²) in [7, 11) is 0. The van der Waals surface area contributed by atoms with E-state index >= 15 is 0 Å². The standard InChI is InChI=1S/C19H12N2O3/c22-19(13-6-5-11-20-12-13)24-16-9-3-1-7-14(16)18-21-15-8-2-4-10-17(15)23-18/h1-12H. The Labute approximate surface area is 137 Å². The van der Waals surface area contributed by atoms with Gasteiger partial charge in [-0.3, -0.25) is 4.98 Å². The Morgan fingerprint density at radius 2 is 1.79 bits per heavy atom. The number of hydrogen-bond acceptors (Lipinski definition) is 5. The van der Waals surface area contributed by atoms with Crippen molar-refractivity contribution in [2.24, 2.45) is 0 Å². The van der Waals surface area contributed by atoms with E-state index in [0.29, 0.717) is 28.4 Å². The van der Waals surface area contributed by atoms with Crippen molar-refractivity contribution < 1.29 is 13.9 Å². The molecule has 0 fully saturated rings. The first kappa shape index (κ1) is 14.1. The third-order valence-corrected chi connectivity index (χ3v) is 3.51. The lowest BCUT2D eigenvalue weighted by Crippen LogP contribution is -2.09. The predicted octanol–water partition coefficient (Wildman–Crippen LogP) is 4.11. The van der Waals surface area contributed by atoms with Gasteiger partial charge in [-0.1, -0.05) is 24.3 Å². The molecular formula is C19H12N2O3. The highest BCUT2D eigenvalue weighted by atomic mass is 16.5. The first-order chi connectivity index (χ1) is 11.8. The normalized spacial score (nSPS) is 10.7. The average Bonchev–Trinajstić information content (AvgIpc) is 3.07. The van der Waals surface area contributed by atoms with Gasteiger partial charge in [-0.25, -0.2) is 9.78 Å². The van der Waals surface area contributed by atoms with Crippen LogP contribution < -0.4 is 4.74 Å². The van der Waals surface area contributed by atoms with E-state index in [0.717, 1.165) is 5.52 Å². The van der Waals surface area contributed by atoms with Gasteiger partial charge >= 0.3 is 5.97 Å². The van der Waals surface area contributed by atoms with Crippen molar-refractivity contribution >= 4 is 17.1 Å². The molecule has 0 saturated heterocycles. The van der Waals surface area contributed by atoms with Gasteiger partial charge in [0.15, 0.2) is 5.58 Å². The molecule has 4 rings (SSSR count). The summed E-state index contributed by atoms with van der Waals surface area (Å²) in [5.74, 6) is 0.315. The van der Waals surface area contributed by atoms with Gasteiger partial charge in [-0.2, -0.15) is 0 Å². The number of aromatic nitrogens is 2. The molecule has 0 N–H and O–H groups in total. The zero-order valence-electron chi connectivity index (χ0n) is 12.5. The minimum absolute atomic E-state index is 0.380. The smallest absolute Gasteiger partial charge is 0.345 e. The van der Waals surface area contributed by atoms with Crippen LogP contribution in [-0.4, -0.2) is 15.9 Å². The largest absolute Gasteiger partial charge is 0.436 e. The number of nitrogens with zero attached hydrogens (tertiary/aromatic N) is 2. The summed E-state index contributed by atoms with van der Waals surface area (Å²) in [6.07, 6.45) is 3.06. The SMILES string of the molecule is O=C(Oc1ccccc1-c1nc2ccccc2o1)c1cccnc1. The summed E-state index contributed by atoms with van der Waals surface area (Å²) < 4.78 is 11.3. The fraction of sp³-hybridized carbons (Fsp3) is 0. The van der Waals surface area contributed by atoms with E-state index in [1.54, 1.807) is 36.5 Å². The molecule has 0 saturated carbocycles. The van der Waals surface area contributed by atoms with Crippen LogP contribution in [0.5, 0.6) is 5.75 Å². The molecule has 24 heavy (non-hydrogen) atoms. The van der Waals surface area contributed by atoms with Crippen LogP contribution in [0.1, 0.15) is 10.4 Å². The van der Waals surface area contributed by atoms with Crippen LogP contribution in [0.15, 0.2) is 77.5 Å². The summed E-state index contributed by atoms with van der Waals surface area (Å²) in [6.45, 7) is 0. The lowest BCUT2D eigenvalue weighted by Gasteiger charge is -2.07. The summed E-state index contributed by atoms with van der Waals surface area (Å²) in [6, 6.07) is 18.0. The highest BCUT2D eigenvalue weighted by Crippen LogP contribution is 2.31. The van der Waals surface area contributed by atoms with E-state index in [2.05, 4.69) is 9.97 Å². The molecule has 5 heteroatoms. The molecule has 0 radical (unpaired) electrons. The number of carbonyl (C=O) groups excluding carboxylic acids is 1. The van der Waals surface area contributed by atoms with Crippen molar-refractivity contribution in [2.45, 2.75) is 0 Å². The van der Waals surface area contributed by atoms with Crippen LogP contribution in [0.25, 0.3) is 22.6 Å². The minimum atomic E-state index is -0.480. The number of oxazole rings is 1. The lowest BCUT2D eigenvalue weighted by molar-refractivity contribution is 0.0735. The van der Waals surface area contributed by atoms with Gasteiger partial charge in [0, 0.05) is 12.4 Å². The van der Waals surface area contributed by atoms with E-state index in [1.807, 2.05) is 30.3 Å². The van der Waals surface area contributed by atoms with E-state index in [9.17, 15) is 4.79 Å². The van der Waals surface area contributed by atoms with Crippen molar-refractivity contribution in [2.75, 3.05) is 0 Å². The van der Waals surface area contributed by atoms with Gasteiger partial charge in [-0.15, -0.1) is 0 Å². The van der Waals surface area contributed by atoms with Crippen molar-refractivity contribution in [3.63, 3.8) is 0 Å². The molecule has 2 aromatic carbocycles. The number of hydrogen-bond donors (Lipinski definition) is 0. The van der Waals surface area contributed by atoms with Crippen LogP contribution >= 0.6 is 0 Å². The Morgan fingerprint density at radius 3 is 2.62 bits per heavy atom. The van der Waals surface area contributed by atoms with Crippen LogP contribution in [0, 0.1) is 0 Å². The molecule has 0 atom stereocenters. The van der Waals surface area contributed by atoms with E-state index < -0.39 is 5.97 Å². The molecule has 0 aliphatic heterocycles. The molecule has 2 heterocycles. The van der Waals surface area contributed by atoms with Gasteiger partial charge in [0.05, 0.1) is 11.1 Å². The first-order valence-electron chi connectivity index (χ1n) is 7.38. The van der Waals surface area contributed by atoms with Gasteiger partial charge in [0.2, 0.25) is 5.89 Å². The molecule has 0 aliphatic carbocycles. The molecule has 2 aromatic heterocycles. The summed E-state index contributed by atoms with van der Waals surface area (Å²) >= 11 is 0. The van der Waals surface area contributed by atoms with Crippen molar-refractivity contribution in [3.05, 3.63) is 78.6 Å². The second kappa shape index (κ2) is 5.96. The average molecular weight is 316 g/mol. The second-order valence-electron chi connectivity index (χ2n) is 5.11. The van der Waals surface area contributed by atoms with Crippen molar-refractivity contribution in [1.29, 1.82) is 0 Å². The lowest BCUT2D eigenvalue weighted by atomic mass is 10.2. The summed E-state index contributed by atoms with van der Waals surface area (Å²) in [5.41, 5.74) is 2.43. The van der Waals surface area contributed by atoms with E-state index in [-0.39, 0.29) is 0 Å². The summed E-state index contributed by atoms with van der Waals surface area (Å²) in [4.78, 5) is 20.6. The van der Waals surface area contributed by atoms with E-state index in [4.69, 9.17) is 9.15 Å². The zero-order valence-corrected chi connectivity index (χ0v) is 12.5. The van der Waals surface area contributed by atoms with Gasteiger partial charge in [-0.05, 0) is 36.4 Å². The molecule has 5 nitrogen and oxygen atoms in total. The van der Waals surface area contributed by atoms with Crippen molar-refractivity contribution in [1.82, 2.24) is 9.97 Å². The number of esters is 1. The number of carbonyl (C=O) groups is 1. The molecular weight excluding hydrogens is 304 g/mol. The first-order valence-corrected chi connectivity index (χ1v) is 7.38. The number of ether oxygens (including phenoxy) is 1. The number of pyridine rings is 1. The third kappa shape index (κ3) is 2.63. The minimum Gasteiger partial charge on any atom is -0.436 e. The Balaban J connectivity index is 1.71. The number of rotatable bonds is 3. The van der Waals surface area contributed by atoms with Crippen molar-refractivity contribution in [3.8, 4) is 17.2 Å². The maximum atomic E-state index is 12.3. The molecule has 0 bridgehead atoms. The topological polar surface area (TPSA) is 65.2 Å². The highest BCUT2D eigenvalue weighted by molar-refractivity contribution is 5.91. The maximum absolute atomic E-state index is 12.3. The Bertz CT molecular complexity index is 976. The van der Waals surface area contributed by atoms with Crippen LogP contribution in [0.2, 0.25) is 0 Å². The van der Waals surface area contributed by atoms with Crippen LogP contribution in [0.4, 0.5) is 0 Å². The number of para-hydroxylation sites is 3. The predicted molar refractivity (Wildman–Crippen MR) is 88.6 cm³/mol. The fourth-order valence-corrected chi connectivity index (χ4v) is 2.36. The molecule has 0 unspecified atom stereocenters. The van der Waals surface area contributed by atoms with Crippen LogP contribution in [-0.2, 0) is 0 Å². The zero-order chi connectivity index (χ0) is 16.4. The quantitative estimate of drug-likeness (QED) is 0.420. The van der Waals surface area contributed by atoms with E-state index in [1.165, 1.54) is 6.20 Å². The van der Waals surface area contributed by atoms with Gasteiger partial charge in [0.25, 0.3) is 0 Å². The highest BCUT2D eigenvalue weighted by Gasteiger charge is 2.16. The Morgan fingerprint density at radius 1 is 0.958 bits per heavy atom. The molecule has 0 spiro atoms. The Kier molecular flexibility index (Phi) is 3.51. The second-order valence-corrected chi connectivity index (χ2v) is 5.11. The maximum Gasteiger partial charge on any atom is 0.345 e. The summed E-state index contributed by atoms with van der Waals surface area (Å²) in [5, 5.41) is 0. The Hall–Kier alpha value is -3.47. The number of benzene rings is 2. The molecule has 4 aromatic rings. The monoisotopic (exact) mass is 316 g/mol.